The number of carbonyl (C=O) groups is 3. The first kappa shape index (κ1) is 37.1. The molecule has 0 radical (unpaired) electrons. The van der Waals surface area contributed by atoms with E-state index >= 15 is 0 Å². The van der Waals surface area contributed by atoms with Crippen LogP contribution in [-0.2, 0) is 36.0 Å². The molecule has 0 saturated carbocycles. The van der Waals surface area contributed by atoms with Crippen LogP contribution in [0.1, 0.15) is 43.7 Å². The van der Waals surface area contributed by atoms with Crippen LogP contribution in [0.5, 0.6) is 0 Å². The Morgan fingerprint density at radius 2 is 1.77 bits per heavy atom. The van der Waals surface area contributed by atoms with Gasteiger partial charge in [0.1, 0.15) is 0 Å². The molecule has 52 heavy (non-hydrogen) atoms. The third-order valence-electron chi connectivity index (χ3n) is 10.5. The van der Waals surface area contributed by atoms with E-state index in [9.17, 15) is 29.1 Å². The van der Waals surface area contributed by atoms with Crippen molar-refractivity contribution in [1.29, 1.82) is 0 Å². The van der Waals surface area contributed by atoms with E-state index in [-0.39, 0.29) is 55.9 Å². The van der Waals surface area contributed by atoms with Crippen molar-refractivity contribution >= 4 is 42.6 Å². The van der Waals surface area contributed by atoms with Gasteiger partial charge in [0, 0.05) is 48.5 Å². The number of esters is 1. The first-order valence-electron chi connectivity index (χ1n) is 17.7. The highest BCUT2D eigenvalue weighted by molar-refractivity contribution is 6.71. The number of carbonyl (C=O) groups excluding carboxylic acids is 3. The van der Waals surface area contributed by atoms with Gasteiger partial charge in [-0.2, -0.15) is 9.78 Å². The van der Waals surface area contributed by atoms with Crippen LogP contribution in [0, 0.1) is 5.92 Å². The Balaban J connectivity index is 1.41. The normalized spacial score (nSPS) is 21.2. The lowest BCUT2D eigenvalue weighted by atomic mass is 9.82. The second-order valence-electron chi connectivity index (χ2n) is 14.2. The Morgan fingerprint density at radius 3 is 2.48 bits per heavy atom. The van der Waals surface area contributed by atoms with Gasteiger partial charge in [-0.05, 0) is 55.8 Å². The Hall–Kier alpha value is -4.69. The summed E-state index contributed by atoms with van der Waals surface area (Å²) in [7, 11) is -1.77. The molecular weight excluding hydrogens is 681 g/mol. The topological polar surface area (TPSA) is 152 Å². The third-order valence-corrected chi connectivity index (χ3v) is 13.0. The molecule has 4 aromatic rings. The van der Waals surface area contributed by atoms with Crippen LogP contribution < -0.4 is 10.5 Å². The zero-order chi connectivity index (χ0) is 37.2. The lowest BCUT2D eigenvalue weighted by Gasteiger charge is -2.32. The number of amides is 2. The fourth-order valence-electron chi connectivity index (χ4n) is 8.05. The average Bonchev–Trinajstić information content (AvgIpc) is 3.55. The standard InChI is InChI=1S/C39H46N4O8Si/c1-26-36(52(3,4)49)33(23-34(45)41(20-21-44)25-27-12-6-5-7-13-27)51-39(26)31-22-29(43-37(47)30-15-9-8-14-28(30)24-40-43)17-18-32(31)42(38(39)48)19-11-10-16-35(46)50-2/h5-9,12-15,17-18,22,24,26,33,36,44,49H,10-11,16,19-21,23,25H2,1-4H3/t26-,33+,36-,39+/m0/s1. The number of ether oxygens (including phenoxy) is 2. The van der Waals surface area contributed by atoms with Crippen molar-refractivity contribution in [3.63, 3.8) is 0 Å². The summed E-state index contributed by atoms with van der Waals surface area (Å²) in [5, 5.41) is 15.5. The van der Waals surface area contributed by atoms with Crippen molar-refractivity contribution in [2.75, 3.05) is 31.7 Å². The van der Waals surface area contributed by atoms with Gasteiger partial charge in [0.25, 0.3) is 11.5 Å². The zero-order valence-corrected chi connectivity index (χ0v) is 31.0. The van der Waals surface area contributed by atoms with Gasteiger partial charge in [-0.25, -0.2) is 0 Å². The van der Waals surface area contributed by atoms with Crippen molar-refractivity contribution in [3.8, 4) is 5.69 Å². The summed E-state index contributed by atoms with van der Waals surface area (Å²) < 4.78 is 13.0. The molecule has 0 bridgehead atoms. The van der Waals surface area contributed by atoms with Crippen molar-refractivity contribution in [1.82, 2.24) is 14.7 Å². The first-order chi connectivity index (χ1) is 24.9. The minimum atomic E-state index is -3.11. The molecule has 12 nitrogen and oxygen atoms in total. The molecule has 0 aliphatic carbocycles. The van der Waals surface area contributed by atoms with Gasteiger partial charge < -0.3 is 29.2 Å². The van der Waals surface area contributed by atoms with E-state index < -0.39 is 31.5 Å². The van der Waals surface area contributed by atoms with Crippen LogP contribution in [0.2, 0.25) is 18.6 Å². The predicted molar refractivity (Wildman–Crippen MR) is 198 cm³/mol. The zero-order valence-electron chi connectivity index (χ0n) is 30.0. The van der Waals surface area contributed by atoms with E-state index in [4.69, 9.17) is 9.47 Å². The Labute approximate surface area is 303 Å². The molecule has 1 spiro atoms. The van der Waals surface area contributed by atoms with E-state index in [0.717, 1.165) is 5.56 Å². The van der Waals surface area contributed by atoms with Crippen molar-refractivity contribution in [2.24, 2.45) is 5.92 Å². The first-order valence-corrected chi connectivity index (χ1v) is 20.8. The molecule has 3 heterocycles. The van der Waals surface area contributed by atoms with Gasteiger partial charge in [0.05, 0.1) is 49.2 Å². The lowest BCUT2D eigenvalue weighted by molar-refractivity contribution is -0.150. The van der Waals surface area contributed by atoms with Crippen LogP contribution in [0.3, 0.4) is 0 Å². The maximum atomic E-state index is 14.9. The van der Waals surface area contributed by atoms with Crippen LogP contribution in [0.4, 0.5) is 5.69 Å². The number of unbranched alkanes of at least 4 members (excludes halogenated alkanes) is 1. The maximum absolute atomic E-state index is 14.9. The van der Waals surface area contributed by atoms with E-state index in [2.05, 4.69) is 5.10 Å². The third kappa shape index (κ3) is 6.93. The quantitative estimate of drug-likeness (QED) is 0.117. The van der Waals surface area contributed by atoms with E-state index in [1.165, 1.54) is 11.8 Å². The highest BCUT2D eigenvalue weighted by atomic mass is 28.4. The minimum Gasteiger partial charge on any atom is -0.469 e. The number of hydrogen-bond donors (Lipinski definition) is 2. The molecule has 274 valence electrons. The molecule has 2 amide bonds. The van der Waals surface area contributed by atoms with Crippen LogP contribution in [0.15, 0.2) is 83.8 Å². The highest BCUT2D eigenvalue weighted by Gasteiger charge is 2.66. The average molecular weight is 727 g/mol. The SMILES string of the molecule is COC(=O)CCCCN1C(=O)[C@]2(O[C@H](CC(=O)N(CCO)Cc3ccccc3)[C@@H]([Si](C)(C)O)[C@@H]2C)c2cc(-n3ncc4ccccc4c3=O)ccc21. The molecule has 3 aromatic carbocycles. The van der Waals surface area contributed by atoms with Gasteiger partial charge in [-0.1, -0.05) is 55.5 Å². The molecule has 2 aliphatic rings. The predicted octanol–water partition coefficient (Wildman–Crippen LogP) is 4.28. The summed E-state index contributed by atoms with van der Waals surface area (Å²) in [6, 6.07) is 22.0. The monoisotopic (exact) mass is 726 g/mol. The van der Waals surface area contributed by atoms with Crippen LogP contribution >= 0.6 is 0 Å². The fraction of sp³-hybridized carbons (Fsp3) is 0.410. The lowest BCUT2D eigenvalue weighted by Crippen LogP contribution is -2.46. The number of hydrogen-bond acceptors (Lipinski definition) is 9. The second kappa shape index (κ2) is 15.1. The minimum absolute atomic E-state index is 0.103. The molecule has 0 unspecified atom stereocenters. The summed E-state index contributed by atoms with van der Waals surface area (Å²) in [5.41, 5.74) is 0.0716. The molecule has 13 heteroatoms. The summed E-state index contributed by atoms with van der Waals surface area (Å²) in [6.45, 7) is 5.96. The van der Waals surface area contributed by atoms with Crippen molar-refractivity contribution < 1.29 is 33.8 Å². The van der Waals surface area contributed by atoms with E-state index in [1.807, 2.05) is 49.4 Å². The number of aliphatic hydroxyl groups excluding tert-OH is 1. The van der Waals surface area contributed by atoms with Crippen molar-refractivity contribution in [3.05, 3.63) is 100 Å². The largest absolute Gasteiger partial charge is 0.469 e. The van der Waals surface area contributed by atoms with Crippen molar-refractivity contribution in [2.45, 2.75) is 69.5 Å². The Bertz CT molecular complexity index is 2020. The molecule has 2 N–H and O–H groups in total. The summed E-state index contributed by atoms with van der Waals surface area (Å²) in [6.07, 6.45) is 1.93. The number of aromatic nitrogens is 2. The van der Waals surface area contributed by atoms with Crippen LogP contribution in [-0.4, -0.2) is 83.6 Å². The molecule has 4 atom stereocenters. The summed E-state index contributed by atoms with van der Waals surface area (Å²) in [5.74, 6) is -1.47. The molecule has 1 fully saturated rings. The van der Waals surface area contributed by atoms with Gasteiger partial charge in [0.2, 0.25) is 5.91 Å². The molecular formula is C39H46N4O8Si. The number of aliphatic hydroxyl groups is 1. The second-order valence-corrected chi connectivity index (χ2v) is 18.2. The molecule has 6 rings (SSSR count). The number of nitrogens with zero attached hydrogens (tertiary/aromatic N) is 4. The summed E-state index contributed by atoms with van der Waals surface area (Å²) >= 11 is 0. The van der Waals surface area contributed by atoms with Crippen LogP contribution in [0.25, 0.3) is 16.5 Å². The van der Waals surface area contributed by atoms with E-state index in [0.29, 0.717) is 47.1 Å². The molecule has 2 aliphatic heterocycles. The molecule has 1 aromatic heterocycles. The highest BCUT2D eigenvalue weighted by Crippen LogP contribution is 2.60. The van der Waals surface area contributed by atoms with Gasteiger partial charge >= 0.3 is 5.97 Å². The van der Waals surface area contributed by atoms with Gasteiger partial charge in [-0.15, -0.1) is 0 Å². The Kier molecular flexibility index (Phi) is 10.8. The molecule has 1 saturated heterocycles. The van der Waals surface area contributed by atoms with Gasteiger partial charge in [-0.3, -0.25) is 19.2 Å². The number of methoxy groups -OCH3 is 1. The number of anilines is 1. The maximum Gasteiger partial charge on any atom is 0.305 e. The fourth-order valence-corrected chi connectivity index (χ4v) is 10.6. The summed E-state index contributed by atoms with van der Waals surface area (Å²) in [4.78, 5) is 69.4. The Morgan fingerprint density at radius 1 is 1.04 bits per heavy atom. The smallest absolute Gasteiger partial charge is 0.305 e. The number of fused-ring (bicyclic) bond motifs is 3. The number of rotatable bonds is 13. The van der Waals surface area contributed by atoms with Gasteiger partial charge in [0.15, 0.2) is 13.9 Å². The van der Waals surface area contributed by atoms with E-state index in [1.54, 1.807) is 59.4 Å². The number of benzene rings is 3.